The van der Waals surface area contributed by atoms with Gasteiger partial charge in [-0.2, -0.15) is 0 Å². The van der Waals surface area contributed by atoms with Gasteiger partial charge in [0.1, 0.15) is 5.75 Å². The summed E-state index contributed by atoms with van der Waals surface area (Å²) in [6, 6.07) is 11.1. The van der Waals surface area contributed by atoms with Crippen molar-refractivity contribution >= 4 is 23.4 Å². The van der Waals surface area contributed by atoms with Crippen LogP contribution in [0.15, 0.2) is 36.4 Å². The van der Waals surface area contributed by atoms with E-state index >= 15 is 0 Å². The van der Waals surface area contributed by atoms with Gasteiger partial charge in [-0.15, -0.1) is 0 Å². The standard InChI is InChI=1S/C15H19BO4/c1-19-8-2-3-9-20-15-7-5-12-10-14(16(17)18)6-4-13(12)11-15/h4-7,10-11,17-18H,2-3,8-9H2,1H3. The average Bonchev–Trinajstić information content (AvgIpc) is 2.46. The lowest BCUT2D eigenvalue weighted by Gasteiger charge is -2.08. The molecule has 0 aromatic heterocycles. The van der Waals surface area contributed by atoms with Crippen molar-refractivity contribution in [2.24, 2.45) is 0 Å². The Morgan fingerprint density at radius 3 is 2.40 bits per heavy atom. The zero-order valence-corrected chi connectivity index (χ0v) is 11.6. The molecule has 2 aromatic carbocycles. The predicted octanol–water partition coefficient (Wildman–Crippen LogP) is 1.32. The van der Waals surface area contributed by atoms with Gasteiger partial charge in [-0.3, -0.25) is 0 Å². The fourth-order valence-corrected chi connectivity index (χ4v) is 2.03. The van der Waals surface area contributed by atoms with E-state index in [1.807, 2.05) is 24.3 Å². The van der Waals surface area contributed by atoms with E-state index in [4.69, 9.17) is 19.5 Å². The maximum Gasteiger partial charge on any atom is 0.488 e. The first kappa shape index (κ1) is 14.8. The minimum Gasteiger partial charge on any atom is -0.494 e. The van der Waals surface area contributed by atoms with Gasteiger partial charge in [0, 0.05) is 13.7 Å². The maximum atomic E-state index is 9.15. The summed E-state index contributed by atoms with van der Waals surface area (Å²) >= 11 is 0. The van der Waals surface area contributed by atoms with Crippen molar-refractivity contribution in [3.05, 3.63) is 36.4 Å². The number of methoxy groups -OCH3 is 1. The van der Waals surface area contributed by atoms with E-state index < -0.39 is 7.12 Å². The molecule has 0 spiro atoms. The molecule has 0 bridgehead atoms. The number of hydrogen-bond donors (Lipinski definition) is 2. The molecule has 0 aliphatic rings. The van der Waals surface area contributed by atoms with Crippen LogP contribution in [0.4, 0.5) is 0 Å². The summed E-state index contributed by atoms with van der Waals surface area (Å²) in [6.45, 7) is 1.43. The smallest absolute Gasteiger partial charge is 0.488 e. The van der Waals surface area contributed by atoms with Gasteiger partial charge in [0.05, 0.1) is 6.61 Å². The number of rotatable bonds is 7. The Labute approximate surface area is 119 Å². The van der Waals surface area contributed by atoms with E-state index in [9.17, 15) is 0 Å². The molecule has 0 amide bonds. The molecule has 0 aliphatic heterocycles. The van der Waals surface area contributed by atoms with E-state index in [0.29, 0.717) is 12.1 Å². The number of unbranched alkanes of at least 4 members (excludes halogenated alkanes) is 1. The van der Waals surface area contributed by atoms with Gasteiger partial charge in [0.25, 0.3) is 0 Å². The highest BCUT2D eigenvalue weighted by Crippen LogP contribution is 2.20. The third-order valence-corrected chi connectivity index (χ3v) is 3.15. The summed E-state index contributed by atoms with van der Waals surface area (Å²) < 4.78 is 10.7. The number of ether oxygens (including phenoxy) is 2. The number of benzene rings is 2. The number of hydrogen-bond acceptors (Lipinski definition) is 4. The topological polar surface area (TPSA) is 58.9 Å². The second-order valence-corrected chi connectivity index (χ2v) is 4.69. The molecule has 2 rings (SSSR count). The molecule has 106 valence electrons. The highest BCUT2D eigenvalue weighted by atomic mass is 16.5. The Balaban J connectivity index is 2.00. The molecule has 5 heteroatoms. The van der Waals surface area contributed by atoms with Crippen LogP contribution >= 0.6 is 0 Å². The first-order chi connectivity index (χ1) is 9.70. The molecule has 2 aromatic rings. The van der Waals surface area contributed by atoms with Gasteiger partial charge in [0.2, 0.25) is 0 Å². The predicted molar refractivity (Wildman–Crippen MR) is 80.4 cm³/mol. The molecule has 0 heterocycles. The summed E-state index contributed by atoms with van der Waals surface area (Å²) in [5.41, 5.74) is 0.491. The number of fused-ring (bicyclic) bond motifs is 1. The monoisotopic (exact) mass is 274 g/mol. The first-order valence-electron chi connectivity index (χ1n) is 6.72. The third-order valence-electron chi connectivity index (χ3n) is 3.15. The van der Waals surface area contributed by atoms with Crippen LogP contribution in [0.3, 0.4) is 0 Å². The molecule has 20 heavy (non-hydrogen) atoms. The van der Waals surface area contributed by atoms with Crippen LogP contribution in [0.5, 0.6) is 5.75 Å². The van der Waals surface area contributed by atoms with Gasteiger partial charge >= 0.3 is 7.12 Å². The summed E-state index contributed by atoms with van der Waals surface area (Å²) in [5.74, 6) is 0.826. The van der Waals surface area contributed by atoms with Gasteiger partial charge in [-0.25, -0.2) is 0 Å². The molecule has 0 saturated carbocycles. The van der Waals surface area contributed by atoms with Crippen LogP contribution in [-0.4, -0.2) is 37.5 Å². The minimum atomic E-state index is -1.43. The molecule has 0 radical (unpaired) electrons. The quantitative estimate of drug-likeness (QED) is 0.590. The lowest BCUT2D eigenvalue weighted by molar-refractivity contribution is 0.184. The van der Waals surface area contributed by atoms with Crippen molar-refractivity contribution in [3.8, 4) is 5.75 Å². The normalized spacial score (nSPS) is 10.8. The molecule has 0 fully saturated rings. The van der Waals surface area contributed by atoms with Gasteiger partial charge in [-0.05, 0) is 41.2 Å². The van der Waals surface area contributed by atoms with Crippen LogP contribution in [0.25, 0.3) is 10.8 Å². The van der Waals surface area contributed by atoms with Gasteiger partial charge in [0.15, 0.2) is 0 Å². The van der Waals surface area contributed by atoms with E-state index in [2.05, 4.69) is 0 Å². The molecule has 0 aliphatic carbocycles. The molecule has 4 nitrogen and oxygen atoms in total. The second-order valence-electron chi connectivity index (χ2n) is 4.69. The first-order valence-corrected chi connectivity index (χ1v) is 6.72. The van der Waals surface area contributed by atoms with E-state index in [1.165, 1.54) is 0 Å². The molecule has 0 unspecified atom stereocenters. The lowest BCUT2D eigenvalue weighted by Crippen LogP contribution is -2.29. The molecule has 0 saturated heterocycles. The fraction of sp³-hybridized carbons (Fsp3) is 0.333. The van der Waals surface area contributed by atoms with Crippen LogP contribution < -0.4 is 10.2 Å². The average molecular weight is 274 g/mol. The minimum absolute atomic E-state index is 0.491. The highest BCUT2D eigenvalue weighted by Gasteiger charge is 2.10. The van der Waals surface area contributed by atoms with E-state index in [1.54, 1.807) is 19.2 Å². The Bertz CT molecular complexity index is 557. The van der Waals surface area contributed by atoms with Crippen molar-refractivity contribution < 1.29 is 19.5 Å². The largest absolute Gasteiger partial charge is 0.494 e. The lowest BCUT2D eigenvalue weighted by atomic mass is 9.79. The highest BCUT2D eigenvalue weighted by molar-refractivity contribution is 6.58. The van der Waals surface area contributed by atoms with Crippen molar-refractivity contribution in [1.82, 2.24) is 0 Å². The Morgan fingerprint density at radius 2 is 1.65 bits per heavy atom. The summed E-state index contributed by atoms with van der Waals surface area (Å²) in [7, 11) is 0.262. The summed E-state index contributed by atoms with van der Waals surface area (Å²) in [5, 5.41) is 20.3. The van der Waals surface area contributed by atoms with E-state index in [0.717, 1.165) is 36.0 Å². The summed E-state index contributed by atoms with van der Waals surface area (Å²) in [4.78, 5) is 0. The van der Waals surface area contributed by atoms with Crippen LogP contribution in [0, 0.1) is 0 Å². The van der Waals surface area contributed by atoms with E-state index in [-0.39, 0.29) is 0 Å². The van der Waals surface area contributed by atoms with Crippen LogP contribution in [0.2, 0.25) is 0 Å². The molecular formula is C15H19BO4. The molecule has 2 N–H and O–H groups in total. The second kappa shape index (κ2) is 7.29. The van der Waals surface area contributed by atoms with Gasteiger partial charge < -0.3 is 19.5 Å². The van der Waals surface area contributed by atoms with Gasteiger partial charge in [-0.1, -0.05) is 24.3 Å². The molecular weight excluding hydrogens is 255 g/mol. The van der Waals surface area contributed by atoms with Crippen molar-refractivity contribution in [3.63, 3.8) is 0 Å². The SMILES string of the molecule is COCCCCOc1ccc2cc(B(O)O)ccc2c1. The Hall–Kier alpha value is -1.56. The summed E-state index contributed by atoms with van der Waals surface area (Å²) in [6.07, 6.45) is 1.95. The zero-order chi connectivity index (χ0) is 14.4. The fourth-order valence-electron chi connectivity index (χ4n) is 2.03. The van der Waals surface area contributed by atoms with Crippen LogP contribution in [0.1, 0.15) is 12.8 Å². The van der Waals surface area contributed by atoms with Crippen molar-refractivity contribution in [2.75, 3.05) is 20.3 Å². The zero-order valence-electron chi connectivity index (χ0n) is 11.6. The third kappa shape index (κ3) is 3.97. The Kier molecular flexibility index (Phi) is 5.41. The van der Waals surface area contributed by atoms with Crippen LogP contribution in [-0.2, 0) is 4.74 Å². The van der Waals surface area contributed by atoms with Crippen molar-refractivity contribution in [2.45, 2.75) is 12.8 Å². The molecule has 0 atom stereocenters. The Morgan fingerprint density at radius 1 is 0.950 bits per heavy atom. The van der Waals surface area contributed by atoms with Crippen molar-refractivity contribution in [1.29, 1.82) is 0 Å². The maximum absolute atomic E-state index is 9.15.